The Morgan fingerprint density at radius 2 is 2.08 bits per heavy atom. The molecule has 1 aromatic carbocycles. The first kappa shape index (κ1) is 20.2. The van der Waals surface area contributed by atoms with Gasteiger partial charge in [-0.1, -0.05) is 23.7 Å². The van der Waals surface area contributed by atoms with Crippen LogP contribution in [0.2, 0.25) is 5.02 Å². The molecule has 0 unspecified atom stereocenters. The van der Waals surface area contributed by atoms with Crippen molar-refractivity contribution in [3.8, 4) is 10.6 Å². The van der Waals surface area contributed by atoms with Crippen LogP contribution in [0, 0.1) is 0 Å². The van der Waals surface area contributed by atoms with Crippen molar-refractivity contribution in [3.63, 3.8) is 0 Å². The van der Waals surface area contributed by atoms with E-state index in [2.05, 4.69) is 10.3 Å². The molecule has 0 spiro atoms. The molecule has 2 aromatic rings. The molecule has 0 atom stereocenters. The molecule has 0 saturated carbocycles. The zero-order valence-corrected chi connectivity index (χ0v) is 16.4. The van der Waals surface area contributed by atoms with Gasteiger partial charge in [0.2, 0.25) is 0 Å². The average Bonchev–Trinajstić information content (AvgIpc) is 3.02. The Morgan fingerprint density at radius 3 is 2.77 bits per heavy atom. The maximum atomic E-state index is 12.0. The number of nitrogens with zero attached hydrogens (tertiary/aromatic N) is 1. The zero-order chi connectivity index (χ0) is 19.2. The highest BCUT2D eigenvalue weighted by molar-refractivity contribution is 7.13. The minimum Gasteiger partial charge on any atom is -0.461 e. The van der Waals surface area contributed by atoms with Crippen LogP contribution in [-0.2, 0) is 9.47 Å². The van der Waals surface area contributed by atoms with Crippen LogP contribution in [0.1, 0.15) is 37.7 Å². The summed E-state index contributed by atoms with van der Waals surface area (Å²) in [6.45, 7) is 5.91. The van der Waals surface area contributed by atoms with E-state index in [4.69, 9.17) is 21.1 Å². The van der Waals surface area contributed by atoms with Gasteiger partial charge >= 0.3 is 12.1 Å². The number of benzene rings is 1. The van der Waals surface area contributed by atoms with Gasteiger partial charge in [-0.2, -0.15) is 0 Å². The Kier molecular flexibility index (Phi) is 6.99. The number of amides is 1. The Hall–Kier alpha value is -2.12. The molecule has 0 aliphatic rings. The van der Waals surface area contributed by atoms with Crippen LogP contribution in [0.3, 0.4) is 0 Å². The fourth-order valence-electron chi connectivity index (χ4n) is 1.94. The van der Waals surface area contributed by atoms with Crippen LogP contribution in [0.5, 0.6) is 0 Å². The van der Waals surface area contributed by atoms with Crippen molar-refractivity contribution in [3.05, 3.63) is 40.4 Å². The molecule has 0 bridgehead atoms. The number of hydrogen-bond acceptors (Lipinski definition) is 6. The first-order chi connectivity index (χ1) is 12.2. The number of esters is 1. The predicted molar refractivity (Wildman–Crippen MR) is 102 cm³/mol. The number of carbonyl (C=O) groups excluding carboxylic acids is 2. The Labute approximate surface area is 161 Å². The van der Waals surface area contributed by atoms with Crippen LogP contribution in [0.4, 0.5) is 4.79 Å². The Morgan fingerprint density at radius 1 is 1.31 bits per heavy atom. The molecule has 1 heterocycles. The molecule has 140 valence electrons. The topological polar surface area (TPSA) is 77.5 Å². The van der Waals surface area contributed by atoms with E-state index < -0.39 is 17.7 Å². The molecule has 6 nitrogen and oxygen atoms in total. The fraction of sp³-hybridized carbons (Fsp3) is 0.389. The second-order valence-electron chi connectivity index (χ2n) is 6.47. The monoisotopic (exact) mass is 396 g/mol. The van der Waals surface area contributed by atoms with Crippen molar-refractivity contribution in [2.45, 2.75) is 32.8 Å². The lowest BCUT2D eigenvalue weighted by molar-refractivity contribution is 0.0479. The number of thiazole rings is 1. The first-order valence-corrected chi connectivity index (χ1v) is 9.36. The van der Waals surface area contributed by atoms with Gasteiger partial charge in [0.15, 0.2) is 5.69 Å². The maximum absolute atomic E-state index is 12.0. The summed E-state index contributed by atoms with van der Waals surface area (Å²) < 4.78 is 10.3. The van der Waals surface area contributed by atoms with E-state index in [-0.39, 0.29) is 12.3 Å². The first-order valence-electron chi connectivity index (χ1n) is 8.10. The third-order valence-corrected chi connectivity index (χ3v) is 4.13. The third kappa shape index (κ3) is 6.65. The van der Waals surface area contributed by atoms with Gasteiger partial charge in [-0.3, -0.25) is 0 Å². The van der Waals surface area contributed by atoms with Gasteiger partial charge in [0, 0.05) is 22.5 Å². The summed E-state index contributed by atoms with van der Waals surface area (Å²) in [5.74, 6) is -0.494. The molecule has 0 radical (unpaired) electrons. The lowest BCUT2D eigenvalue weighted by Gasteiger charge is -2.19. The number of aromatic nitrogens is 1. The minimum absolute atomic E-state index is 0.179. The number of halogens is 1. The molecule has 2 rings (SSSR count). The molecular formula is C18H21ClN2O4S. The number of nitrogens with one attached hydrogen (secondary N) is 1. The quantitative estimate of drug-likeness (QED) is 0.573. The normalized spacial score (nSPS) is 11.1. The van der Waals surface area contributed by atoms with Crippen LogP contribution in [0.15, 0.2) is 29.6 Å². The molecule has 0 aliphatic heterocycles. The second kappa shape index (κ2) is 9.00. The van der Waals surface area contributed by atoms with Gasteiger partial charge in [-0.05, 0) is 39.3 Å². The molecule has 1 N–H and O–H groups in total. The van der Waals surface area contributed by atoms with E-state index in [9.17, 15) is 9.59 Å². The summed E-state index contributed by atoms with van der Waals surface area (Å²) in [4.78, 5) is 27.8. The summed E-state index contributed by atoms with van der Waals surface area (Å²) in [6, 6.07) is 7.27. The molecule has 0 fully saturated rings. The van der Waals surface area contributed by atoms with Gasteiger partial charge in [-0.15, -0.1) is 11.3 Å². The largest absolute Gasteiger partial charge is 0.461 e. The molecule has 1 aromatic heterocycles. The van der Waals surface area contributed by atoms with E-state index in [1.807, 2.05) is 12.1 Å². The summed E-state index contributed by atoms with van der Waals surface area (Å²) in [5, 5.41) is 5.57. The zero-order valence-electron chi connectivity index (χ0n) is 14.9. The van der Waals surface area contributed by atoms with E-state index in [0.29, 0.717) is 23.0 Å². The molecule has 0 aliphatic carbocycles. The number of hydrogen-bond donors (Lipinski definition) is 1. The smallest absolute Gasteiger partial charge is 0.407 e. The van der Waals surface area contributed by atoms with Crippen LogP contribution in [0.25, 0.3) is 10.6 Å². The maximum Gasteiger partial charge on any atom is 0.407 e. The van der Waals surface area contributed by atoms with Crippen molar-refractivity contribution in [2.24, 2.45) is 0 Å². The number of rotatable bonds is 6. The summed E-state index contributed by atoms with van der Waals surface area (Å²) in [5.41, 5.74) is 0.565. The molecule has 0 saturated heterocycles. The summed E-state index contributed by atoms with van der Waals surface area (Å²) in [6.07, 6.45) is -0.00880. The Bertz CT molecular complexity index is 771. The summed E-state index contributed by atoms with van der Waals surface area (Å²) in [7, 11) is 0. The molecule has 26 heavy (non-hydrogen) atoms. The number of carbonyl (C=O) groups is 2. The van der Waals surface area contributed by atoms with E-state index in [0.717, 1.165) is 5.56 Å². The highest BCUT2D eigenvalue weighted by Crippen LogP contribution is 2.26. The van der Waals surface area contributed by atoms with Crippen molar-refractivity contribution in [2.75, 3.05) is 13.2 Å². The van der Waals surface area contributed by atoms with Gasteiger partial charge in [0.05, 0.1) is 6.61 Å². The van der Waals surface area contributed by atoms with Crippen molar-refractivity contribution >= 4 is 35.0 Å². The highest BCUT2D eigenvalue weighted by atomic mass is 35.5. The van der Waals surface area contributed by atoms with Crippen LogP contribution >= 0.6 is 22.9 Å². The highest BCUT2D eigenvalue weighted by Gasteiger charge is 2.16. The minimum atomic E-state index is -0.540. The summed E-state index contributed by atoms with van der Waals surface area (Å²) >= 11 is 7.31. The van der Waals surface area contributed by atoms with Crippen molar-refractivity contribution < 1.29 is 19.1 Å². The average molecular weight is 397 g/mol. The van der Waals surface area contributed by atoms with Crippen LogP contribution in [-0.4, -0.2) is 35.8 Å². The van der Waals surface area contributed by atoms with E-state index in [1.165, 1.54) is 11.3 Å². The predicted octanol–water partition coefficient (Wildman–Crippen LogP) is 4.54. The Balaban J connectivity index is 1.74. The van der Waals surface area contributed by atoms with Crippen LogP contribution < -0.4 is 5.32 Å². The van der Waals surface area contributed by atoms with E-state index in [1.54, 1.807) is 38.3 Å². The standard InChI is InChI=1S/C18H21ClN2O4S/c1-18(2,3)25-17(23)20-8-5-9-24-16(22)14-11-26-15(21-14)12-6-4-7-13(19)10-12/h4,6-7,10-11H,5,8-9H2,1-3H3,(H,20,23). The van der Waals surface area contributed by atoms with Gasteiger partial charge in [0.1, 0.15) is 10.6 Å². The van der Waals surface area contributed by atoms with Gasteiger partial charge in [0.25, 0.3) is 0 Å². The number of ether oxygens (including phenoxy) is 2. The van der Waals surface area contributed by atoms with E-state index >= 15 is 0 Å². The van der Waals surface area contributed by atoms with Crippen molar-refractivity contribution in [1.82, 2.24) is 10.3 Å². The third-order valence-electron chi connectivity index (χ3n) is 3.01. The second-order valence-corrected chi connectivity index (χ2v) is 7.76. The SMILES string of the molecule is CC(C)(C)OC(=O)NCCCOC(=O)c1csc(-c2cccc(Cl)c2)n1. The van der Waals surface area contributed by atoms with Gasteiger partial charge < -0.3 is 14.8 Å². The lowest BCUT2D eigenvalue weighted by atomic mass is 10.2. The van der Waals surface area contributed by atoms with Crippen molar-refractivity contribution in [1.29, 1.82) is 0 Å². The fourth-order valence-corrected chi connectivity index (χ4v) is 2.91. The molecular weight excluding hydrogens is 376 g/mol. The van der Waals surface area contributed by atoms with Gasteiger partial charge in [-0.25, -0.2) is 14.6 Å². The molecule has 8 heteroatoms. The molecule has 1 amide bonds. The number of alkyl carbamates (subject to hydrolysis) is 1. The lowest BCUT2D eigenvalue weighted by Crippen LogP contribution is -2.33.